The minimum absolute atomic E-state index is 0.0140. The molecule has 1 amide bonds. The van der Waals surface area contributed by atoms with Crippen molar-refractivity contribution in [1.29, 1.82) is 0 Å². The summed E-state index contributed by atoms with van der Waals surface area (Å²) in [5.74, 6) is -4.27. The number of amides is 1. The van der Waals surface area contributed by atoms with Crippen molar-refractivity contribution >= 4 is 49.8 Å². The zero-order chi connectivity index (χ0) is 26.7. The monoisotopic (exact) mass is 570 g/mol. The minimum atomic E-state index is -3.55. The van der Waals surface area contributed by atoms with Crippen molar-refractivity contribution in [3.8, 4) is 5.75 Å². The molecule has 13 heteroatoms. The first-order valence-electron chi connectivity index (χ1n) is 11.2. The van der Waals surface area contributed by atoms with E-state index in [1.807, 2.05) is 0 Å². The number of sulfone groups is 1. The standard InChI is InChI=1S/C24H21ClF2N2O6S2/c25-22-18(12-20(30)31)28-24(36-22)29-23(32)21(35-19-10-7-14(26)11-17(19)27)13-5-8-16(9-6-13)37(33,34)15-3-1-2-4-15/h5-11,15,21H,1-4,12H2,(H,30,31)(H,28,29,32). The molecule has 2 aromatic carbocycles. The highest BCUT2D eigenvalue weighted by molar-refractivity contribution is 7.92. The van der Waals surface area contributed by atoms with Gasteiger partial charge < -0.3 is 9.84 Å². The van der Waals surface area contributed by atoms with Gasteiger partial charge in [0.15, 0.2) is 26.5 Å². The number of halogens is 3. The van der Waals surface area contributed by atoms with Crippen LogP contribution in [-0.4, -0.2) is 35.6 Å². The van der Waals surface area contributed by atoms with E-state index >= 15 is 0 Å². The van der Waals surface area contributed by atoms with Crippen LogP contribution < -0.4 is 10.1 Å². The van der Waals surface area contributed by atoms with E-state index < -0.39 is 56.9 Å². The Bertz CT molecular complexity index is 1420. The Labute approximate surface area is 220 Å². The number of hydrogen-bond donors (Lipinski definition) is 2. The van der Waals surface area contributed by atoms with Gasteiger partial charge in [0, 0.05) is 11.6 Å². The molecule has 0 bridgehead atoms. The van der Waals surface area contributed by atoms with Crippen LogP contribution in [0.3, 0.4) is 0 Å². The van der Waals surface area contributed by atoms with Crippen LogP contribution >= 0.6 is 22.9 Å². The molecule has 1 atom stereocenters. The normalized spacial score (nSPS) is 14.9. The molecule has 1 aliphatic carbocycles. The molecule has 1 unspecified atom stereocenters. The van der Waals surface area contributed by atoms with Gasteiger partial charge in [0.25, 0.3) is 5.91 Å². The zero-order valence-corrected chi connectivity index (χ0v) is 21.5. The minimum Gasteiger partial charge on any atom is -0.481 e. The third-order valence-corrected chi connectivity index (χ3v) is 9.36. The lowest BCUT2D eigenvalue weighted by Gasteiger charge is -2.19. The third kappa shape index (κ3) is 6.25. The third-order valence-electron chi connectivity index (χ3n) is 5.83. The highest BCUT2D eigenvalue weighted by atomic mass is 35.5. The number of benzene rings is 2. The second kappa shape index (κ2) is 11.1. The second-order valence-electron chi connectivity index (χ2n) is 8.39. The predicted molar refractivity (Wildman–Crippen MR) is 133 cm³/mol. The molecule has 1 heterocycles. The van der Waals surface area contributed by atoms with E-state index in [4.69, 9.17) is 21.4 Å². The second-order valence-corrected chi connectivity index (χ2v) is 12.2. The van der Waals surface area contributed by atoms with E-state index in [0.29, 0.717) is 18.9 Å². The lowest BCUT2D eigenvalue weighted by molar-refractivity contribution is -0.136. The molecule has 1 aromatic heterocycles. The zero-order valence-electron chi connectivity index (χ0n) is 19.1. The van der Waals surface area contributed by atoms with E-state index in [1.165, 1.54) is 24.3 Å². The summed E-state index contributed by atoms with van der Waals surface area (Å²) in [5.41, 5.74) is 0.248. The average Bonchev–Trinajstić information content (AvgIpc) is 3.49. The Morgan fingerprint density at radius 1 is 1.16 bits per heavy atom. The number of aliphatic carboxylic acids is 1. The van der Waals surface area contributed by atoms with Crippen molar-refractivity contribution in [2.45, 2.75) is 48.4 Å². The molecule has 2 N–H and O–H groups in total. The van der Waals surface area contributed by atoms with Crippen molar-refractivity contribution in [3.63, 3.8) is 0 Å². The number of aromatic nitrogens is 1. The van der Waals surface area contributed by atoms with Crippen LogP contribution in [-0.2, 0) is 25.8 Å². The summed E-state index contributed by atoms with van der Waals surface area (Å²) in [6, 6.07) is 8.08. The van der Waals surface area contributed by atoms with Crippen LogP contribution in [0.5, 0.6) is 5.75 Å². The fourth-order valence-electron chi connectivity index (χ4n) is 4.00. The number of thiazole rings is 1. The van der Waals surface area contributed by atoms with Crippen LogP contribution in [0.25, 0.3) is 0 Å². The maximum Gasteiger partial charge on any atom is 0.309 e. The van der Waals surface area contributed by atoms with Gasteiger partial charge in [-0.3, -0.25) is 14.9 Å². The topological polar surface area (TPSA) is 123 Å². The molecule has 8 nitrogen and oxygen atoms in total. The number of rotatable bonds is 9. The first-order chi connectivity index (χ1) is 17.5. The lowest BCUT2D eigenvalue weighted by Crippen LogP contribution is -2.26. The van der Waals surface area contributed by atoms with Gasteiger partial charge in [0.05, 0.1) is 22.3 Å². The molecule has 0 aliphatic heterocycles. The molecular formula is C24H21ClF2N2O6S2. The van der Waals surface area contributed by atoms with Crippen LogP contribution in [0.15, 0.2) is 47.4 Å². The molecule has 196 valence electrons. The molecule has 4 rings (SSSR count). The smallest absolute Gasteiger partial charge is 0.309 e. The number of carboxylic acids is 1. The van der Waals surface area contributed by atoms with Gasteiger partial charge in [-0.15, -0.1) is 0 Å². The van der Waals surface area contributed by atoms with Crippen LogP contribution in [0.1, 0.15) is 43.0 Å². The summed E-state index contributed by atoms with van der Waals surface area (Å²) in [4.78, 5) is 28.3. The summed E-state index contributed by atoms with van der Waals surface area (Å²) in [5, 5.41) is 11.0. The van der Waals surface area contributed by atoms with Crippen molar-refractivity contribution in [1.82, 2.24) is 4.98 Å². The van der Waals surface area contributed by atoms with Crippen LogP contribution in [0.4, 0.5) is 13.9 Å². The molecule has 37 heavy (non-hydrogen) atoms. The number of nitrogens with zero attached hydrogens (tertiary/aromatic N) is 1. The van der Waals surface area contributed by atoms with Gasteiger partial charge in [-0.25, -0.2) is 22.2 Å². The van der Waals surface area contributed by atoms with Gasteiger partial charge in [0.2, 0.25) is 6.10 Å². The molecular weight excluding hydrogens is 550 g/mol. The number of carbonyl (C=O) groups is 2. The lowest BCUT2D eigenvalue weighted by atomic mass is 10.1. The summed E-state index contributed by atoms with van der Waals surface area (Å²) >= 11 is 6.85. The van der Waals surface area contributed by atoms with E-state index in [1.54, 1.807) is 0 Å². The van der Waals surface area contributed by atoms with Crippen molar-refractivity contribution < 1.29 is 36.6 Å². The van der Waals surface area contributed by atoms with E-state index in [-0.39, 0.29) is 25.6 Å². The summed E-state index contributed by atoms with van der Waals surface area (Å²) in [7, 11) is -3.55. The summed E-state index contributed by atoms with van der Waals surface area (Å²) < 4.78 is 59.2. The fraction of sp³-hybridized carbons (Fsp3) is 0.292. The molecule has 3 aromatic rings. The maximum absolute atomic E-state index is 14.3. The largest absolute Gasteiger partial charge is 0.481 e. The number of carbonyl (C=O) groups excluding carboxylic acids is 1. The molecule has 1 saturated carbocycles. The number of anilines is 1. The Kier molecular flexibility index (Phi) is 8.10. The maximum atomic E-state index is 14.3. The van der Waals surface area contributed by atoms with E-state index in [0.717, 1.165) is 36.3 Å². The number of carboxylic acid groups (broad SMARTS) is 1. The Hall–Kier alpha value is -3.09. The van der Waals surface area contributed by atoms with Crippen LogP contribution in [0, 0.1) is 11.6 Å². The van der Waals surface area contributed by atoms with Gasteiger partial charge in [-0.1, -0.05) is 47.9 Å². The summed E-state index contributed by atoms with van der Waals surface area (Å²) in [6.45, 7) is 0. The Morgan fingerprint density at radius 2 is 1.84 bits per heavy atom. The number of ether oxygens (including phenoxy) is 1. The fourth-order valence-corrected chi connectivity index (χ4v) is 6.90. The first-order valence-corrected chi connectivity index (χ1v) is 13.9. The molecule has 1 fully saturated rings. The van der Waals surface area contributed by atoms with Gasteiger partial charge >= 0.3 is 5.97 Å². The van der Waals surface area contributed by atoms with Crippen molar-refractivity contribution in [2.24, 2.45) is 0 Å². The highest BCUT2D eigenvalue weighted by Crippen LogP contribution is 2.33. The van der Waals surface area contributed by atoms with Gasteiger partial charge in [0.1, 0.15) is 10.2 Å². The SMILES string of the molecule is O=C(O)Cc1nc(NC(=O)C(Oc2ccc(F)cc2F)c2ccc(S(=O)(=O)C3CCCC3)cc2)sc1Cl. The van der Waals surface area contributed by atoms with E-state index in [9.17, 15) is 26.8 Å². The first kappa shape index (κ1) is 27.0. The quantitative estimate of drug-likeness (QED) is 0.363. The average molecular weight is 571 g/mol. The van der Waals surface area contributed by atoms with Gasteiger partial charge in [-0.05, 0) is 37.1 Å². The summed E-state index contributed by atoms with van der Waals surface area (Å²) in [6.07, 6.45) is 0.911. The Balaban J connectivity index is 1.63. The van der Waals surface area contributed by atoms with Crippen molar-refractivity contribution in [3.05, 3.63) is 69.7 Å². The number of nitrogens with one attached hydrogen (secondary N) is 1. The molecule has 0 radical (unpaired) electrons. The molecule has 0 saturated heterocycles. The molecule has 1 aliphatic rings. The number of hydrogen-bond acceptors (Lipinski definition) is 7. The highest BCUT2D eigenvalue weighted by Gasteiger charge is 2.31. The van der Waals surface area contributed by atoms with Crippen LogP contribution in [0.2, 0.25) is 4.34 Å². The molecule has 0 spiro atoms. The predicted octanol–water partition coefficient (Wildman–Crippen LogP) is 5.18. The Morgan fingerprint density at radius 3 is 2.46 bits per heavy atom. The van der Waals surface area contributed by atoms with Gasteiger partial charge in [-0.2, -0.15) is 0 Å². The van der Waals surface area contributed by atoms with E-state index in [2.05, 4.69) is 10.3 Å². The van der Waals surface area contributed by atoms with Crippen molar-refractivity contribution in [2.75, 3.05) is 5.32 Å².